The first-order valence-corrected chi connectivity index (χ1v) is 12.3. The third-order valence-corrected chi connectivity index (χ3v) is 6.30. The molecule has 0 bridgehead atoms. The summed E-state index contributed by atoms with van der Waals surface area (Å²) in [5.74, 6) is 12.3. The molecule has 2 atom stereocenters. The Hall–Kier alpha value is -4.49. The minimum absolute atomic E-state index is 0.0843. The zero-order valence-electron chi connectivity index (χ0n) is 21.2. The molecular weight excluding hydrogens is 464 g/mol. The van der Waals surface area contributed by atoms with Gasteiger partial charge in [-0.25, -0.2) is 9.78 Å². The van der Waals surface area contributed by atoms with Crippen molar-refractivity contribution in [2.24, 2.45) is 5.92 Å². The molecule has 2 aromatic carbocycles. The Morgan fingerprint density at radius 1 is 1.05 bits per heavy atom. The highest BCUT2D eigenvalue weighted by atomic mass is 16.5. The van der Waals surface area contributed by atoms with Crippen LogP contribution in [0, 0.1) is 29.6 Å². The zero-order valence-corrected chi connectivity index (χ0v) is 21.2. The van der Waals surface area contributed by atoms with Gasteiger partial charge in [0.05, 0.1) is 19.3 Å². The van der Waals surface area contributed by atoms with Crippen LogP contribution in [0.3, 0.4) is 0 Å². The van der Waals surface area contributed by atoms with Crippen LogP contribution in [0.25, 0.3) is 11.1 Å². The first-order valence-electron chi connectivity index (χ1n) is 12.3. The fraction of sp³-hybridized carbons (Fsp3) is 0.300. The first kappa shape index (κ1) is 25.6. The molecule has 1 aliphatic rings. The van der Waals surface area contributed by atoms with Gasteiger partial charge in [-0.1, -0.05) is 62.2 Å². The Labute approximate surface area is 217 Å². The second-order valence-electron chi connectivity index (χ2n) is 9.17. The van der Waals surface area contributed by atoms with Gasteiger partial charge < -0.3 is 19.9 Å². The second-order valence-corrected chi connectivity index (χ2v) is 9.17. The smallest absolute Gasteiger partial charge is 0.407 e. The molecule has 1 aromatic heterocycles. The summed E-state index contributed by atoms with van der Waals surface area (Å²) in [7, 11) is 1.28. The molecule has 0 spiro atoms. The third kappa shape index (κ3) is 6.39. The number of alkyl carbamates (subject to hydrolysis) is 1. The van der Waals surface area contributed by atoms with Crippen LogP contribution >= 0.6 is 0 Å². The van der Waals surface area contributed by atoms with Crippen LogP contribution < -0.4 is 5.32 Å². The van der Waals surface area contributed by atoms with Crippen molar-refractivity contribution in [2.45, 2.75) is 38.8 Å². The number of nitrogens with one attached hydrogen (secondary N) is 2. The molecule has 7 heteroatoms. The Morgan fingerprint density at radius 2 is 1.76 bits per heavy atom. The Morgan fingerprint density at radius 3 is 2.46 bits per heavy atom. The second kappa shape index (κ2) is 12.0. The van der Waals surface area contributed by atoms with Crippen molar-refractivity contribution in [3.63, 3.8) is 0 Å². The van der Waals surface area contributed by atoms with Crippen LogP contribution in [-0.4, -0.2) is 46.6 Å². The third-order valence-electron chi connectivity index (χ3n) is 6.30. The molecule has 0 radical (unpaired) electrons. The summed E-state index contributed by atoms with van der Waals surface area (Å²) in [6.45, 7) is 4.39. The number of H-pyrrole nitrogens is 1. The van der Waals surface area contributed by atoms with Crippen molar-refractivity contribution >= 4 is 12.0 Å². The van der Waals surface area contributed by atoms with E-state index >= 15 is 0 Å². The SMILES string of the molecule is COC(=O)N[C@@H](C(=O)N1CCC[C@@H]1c1ncc(C#CC#Cc2ccc(-c3ccccc3)cc2)[nH]1)C(C)C. The number of hydrogen-bond acceptors (Lipinski definition) is 4. The maximum Gasteiger partial charge on any atom is 0.407 e. The normalized spacial score (nSPS) is 15.2. The lowest BCUT2D eigenvalue weighted by molar-refractivity contribution is -0.135. The molecule has 37 heavy (non-hydrogen) atoms. The van der Waals surface area contributed by atoms with Crippen molar-refractivity contribution < 1.29 is 14.3 Å². The number of benzene rings is 2. The van der Waals surface area contributed by atoms with Crippen LogP contribution in [0.2, 0.25) is 0 Å². The number of imidazole rings is 1. The lowest BCUT2D eigenvalue weighted by Gasteiger charge is -2.29. The maximum atomic E-state index is 13.2. The number of nitrogens with zero attached hydrogens (tertiary/aromatic N) is 2. The number of rotatable bonds is 5. The highest BCUT2D eigenvalue weighted by Crippen LogP contribution is 2.31. The minimum atomic E-state index is -0.667. The summed E-state index contributed by atoms with van der Waals surface area (Å²) in [6, 6.07) is 17.4. The number of methoxy groups -OCH3 is 1. The molecule has 2 N–H and O–H groups in total. The molecule has 3 aromatic rings. The molecule has 0 saturated carbocycles. The van der Waals surface area contributed by atoms with Gasteiger partial charge in [0.2, 0.25) is 5.91 Å². The van der Waals surface area contributed by atoms with Crippen LogP contribution in [0.4, 0.5) is 4.79 Å². The van der Waals surface area contributed by atoms with Gasteiger partial charge in [-0.15, -0.1) is 0 Å². The number of carbonyl (C=O) groups is 2. The Bertz CT molecular complexity index is 1350. The largest absolute Gasteiger partial charge is 0.453 e. The number of carbonyl (C=O) groups excluding carboxylic acids is 2. The van der Waals surface area contributed by atoms with Gasteiger partial charge in [0.1, 0.15) is 17.6 Å². The number of amides is 2. The molecule has 2 amide bonds. The van der Waals surface area contributed by atoms with E-state index in [1.165, 1.54) is 12.7 Å². The lowest BCUT2D eigenvalue weighted by atomic mass is 10.0. The maximum absolute atomic E-state index is 13.2. The molecular formula is C30H30N4O3. The monoisotopic (exact) mass is 494 g/mol. The summed E-state index contributed by atoms with van der Waals surface area (Å²) < 4.78 is 4.69. The summed E-state index contributed by atoms with van der Waals surface area (Å²) in [5.41, 5.74) is 3.83. The zero-order chi connectivity index (χ0) is 26.2. The number of ether oxygens (including phenoxy) is 1. The van der Waals surface area contributed by atoms with Gasteiger partial charge in [0.15, 0.2) is 0 Å². The summed E-state index contributed by atoms with van der Waals surface area (Å²) in [4.78, 5) is 34.5. The van der Waals surface area contributed by atoms with Crippen molar-refractivity contribution in [3.05, 3.63) is 77.9 Å². The molecule has 0 aliphatic carbocycles. The standard InChI is InChI=1S/C30H30N4O3/c1-21(2)27(33-30(36)37-3)29(35)34-19-9-14-26(34)28-31-20-25(32-28)13-8-7-10-22-15-17-24(18-16-22)23-11-5-4-6-12-23/h4-6,11-12,15-18,20-21,26-27H,9,14,19H2,1-3H3,(H,31,32)(H,33,36)/t26-,27-/m1/s1. The Kier molecular flexibility index (Phi) is 8.28. The van der Waals surface area contributed by atoms with Gasteiger partial charge in [-0.3, -0.25) is 4.79 Å². The fourth-order valence-corrected chi connectivity index (χ4v) is 4.34. The number of aromatic nitrogens is 2. The fourth-order valence-electron chi connectivity index (χ4n) is 4.34. The van der Waals surface area contributed by atoms with E-state index in [9.17, 15) is 9.59 Å². The van der Waals surface area contributed by atoms with E-state index in [1.807, 2.05) is 56.3 Å². The Balaban J connectivity index is 1.41. The summed E-state index contributed by atoms with van der Waals surface area (Å²) >= 11 is 0. The average Bonchev–Trinajstić information content (AvgIpc) is 3.60. The van der Waals surface area contributed by atoms with E-state index in [-0.39, 0.29) is 17.9 Å². The van der Waals surface area contributed by atoms with E-state index in [1.54, 1.807) is 11.1 Å². The summed E-state index contributed by atoms with van der Waals surface area (Å²) in [5, 5.41) is 2.66. The molecule has 0 unspecified atom stereocenters. The molecule has 1 aliphatic heterocycles. The number of aromatic amines is 1. The lowest BCUT2D eigenvalue weighted by Crippen LogP contribution is -2.51. The highest BCUT2D eigenvalue weighted by Gasteiger charge is 2.37. The van der Waals surface area contributed by atoms with Crippen LogP contribution in [0.15, 0.2) is 60.8 Å². The van der Waals surface area contributed by atoms with Gasteiger partial charge >= 0.3 is 6.09 Å². The van der Waals surface area contributed by atoms with Crippen molar-refractivity contribution in [3.8, 4) is 34.8 Å². The van der Waals surface area contributed by atoms with Crippen LogP contribution in [0.1, 0.15) is 49.8 Å². The van der Waals surface area contributed by atoms with Crippen molar-refractivity contribution in [2.75, 3.05) is 13.7 Å². The van der Waals surface area contributed by atoms with Gasteiger partial charge in [0.25, 0.3) is 0 Å². The van der Waals surface area contributed by atoms with Crippen molar-refractivity contribution in [1.82, 2.24) is 20.2 Å². The van der Waals surface area contributed by atoms with Gasteiger partial charge in [0, 0.05) is 12.1 Å². The van der Waals surface area contributed by atoms with E-state index in [2.05, 4.69) is 51.1 Å². The van der Waals surface area contributed by atoms with E-state index < -0.39 is 12.1 Å². The van der Waals surface area contributed by atoms with E-state index in [0.29, 0.717) is 18.1 Å². The quantitative estimate of drug-likeness (QED) is 0.511. The van der Waals surface area contributed by atoms with Crippen LogP contribution in [0.5, 0.6) is 0 Å². The molecule has 7 nitrogen and oxygen atoms in total. The van der Waals surface area contributed by atoms with Crippen molar-refractivity contribution in [1.29, 1.82) is 0 Å². The molecule has 188 valence electrons. The minimum Gasteiger partial charge on any atom is -0.453 e. The molecule has 4 rings (SSSR count). The highest BCUT2D eigenvalue weighted by molar-refractivity contribution is 5.86. The van der Waals surface area contributed by atoms with Gasteiger partial charge in [-0.05, 0) is 59.8 Å². The number of likely N-dealkylation sites (tertiary alicyclic amines) is 1. The molecule has 2 heterocycles. The van der Waals surface area contributed by atoms with Crippen LogP contribution in [-0.2, 0) is 9.53 Å². The number of hydrogen-bond donors (Lipinski definition) is 2. The predicted octanol–water partition coefficient (Wildman–Crippen LogP) is 4.52. The molecule has 1 saturated heterocycles. The first-order chi connectivity index (χ1) is 18.0. The van der Waals surface area contributed by atoms with E-state index in [0.717, 1.165) is 24.0 Å². The topological polar surface area (TPSA) is 87.3 Å². The predicted molar refractivity (Wildman–Crippen MR) is 142 cm³/mol. The van der Waals surface area contributed by atoms with Gasteiger partial charge in [-0.2, -0.15) is 0 Å². The molecule has 1 fully saturated rings. The summed E-state index contributed by atoms with van der Waals surface area (Å²) in [6.07, 6.45) is 2.68. The average molecular weight is 495 g/mol. The van der Waals surface area contributed by atoms with E-state index in [4.69, 9.17) is 4.74 Å².